The molecule has 0 rings (SSSR count). The number of carbonyl (C=O) groups is 2. The summed E-state index contributed by atoms with van der Waals surface area (Å²) in [5.74, 6) is -5.58. The van der Waals surface area contributed by atoms with Crippen LogP contribution in [-0.2, 0) is 9.59 Å². The molecule has 0 bridgehead atoms. The van der Waals surface area contributed by atoms with Gasteiger partial charge in [0, 0.05) is 18.3 Å². The minimum absolute atomic E-state index is 0.108. The summed E-state index contributed by atoms with van der Waals surface area (Å²) in [5, 5.41) is 28.4. The zero-order valence-corrected chi connectivity index (χ0v) is 9.34. The summed E-state index contributed by atoms with van der Waals surface area (Å²) in [4.78, 5) is 31.6. The number of hydrogen-bond acceptors (Lipinski definition) is 4. The maximum atomic E-state index is 10.9. The summed E-state index contributed by atoms with van der Waals surface area (Å²) in [6.07, 6.45) is -0.108. The number of carboxylic acid groups (broad SMARTS) is 2. The van der Waals surface area contributed by atoms with E-state index >= 15 is 0 Å². The first-order valence-electron chi connectivity index (χ1n) is 4.73. The number of carboxylic acids is 2. The van der Waals surface area contributed by atoms with Crippen LogP contribution in [0.15, 0.2) is 0 Å². The average Bonchev–Trinajstić information content (AvgIpc) is 1.99. The first-order chi connectivity index (χ1) is 7.12. The van der Waals surface area contributed by atoms with Crippen molar-refractivity contribution in [1.29, 1.82) is 0 Å². The highest BCUT2D eigenvalue weighted by Gasteiger charge is 2.54. The van der Waals surface area contributed by atoms with E-state index in [1.807, 2.05) is 0 Å². The lowest BCUT2D eigenvalue weighted by atomic mass is 9.79. The van der Waals surface area contributed by atoms with E-state index in [1.54, 1.807) is 13.8 Å². The molecule has 0 radical (unpaired) electrons. The largest absolute Gasteiger partial charge is 0.480 e. The Bertz CT molecular complexity index is 299. The van der Waals surface area contributed by atoms with E-state index in [0.29, 0.717) is 0 Å². The lowest BCUT2D eigenvalue weighted by Gasteiger charge is -2.25. The molecule has 0 aliphatic heterocycles. The predicted molar refractivity (Wildman–Crippen MR) is 53.6 cm³/mol. The van der Waals surface area contributed by atoms with Crippen LogP contribution >= 0.6 is 0 Å². The molecule has 0 aliphatic rings. The molecule has 0 heterocycles. The van der Waals surface area contributed by atoms with Gasteiger partial charge >= 0.3 is 11.9 Å². The Labute approximate surface area is 92.2 Å². The number of nitro groups is 1. The molecule has 0 aromatic rings. The molecular formula is C9H15NO6. The summed E-state index contributed by atoms with van der Waals surface area (Å²) in [6.45, 7) is 4.39. The highest BCUT2D eigenvalue weighted by atomic mass is 16.6. The van der Waals surface area contributed by atoms with Crippen LogP contribution in [0.1, 0.15) is 27.2 Å². The van der Waals surface area contributed by atoms with Gasteiger partial charge in [-0.05, 0) is 5.92 Å². The number of nitrogens with zero attached hydrogens (tertiary/aromatic N) is 1. The minimum Gasteiger partial charge on any atom is -0.480 e. The van der Waals surface area contributed by atoms with Crippen molar-refractivity contribution in [2.24, 2.45) is 11.8 Å². The molecule has 0 aromatic heterocycles. The van der Waals surface area contributed by atoms with E-state index in [4.69, 9.17) is 10.2 Å². The zero-order chi connectivity index (χ0) is 13.1. The molecule has 0 fully saturated rings. The molecule has 7 nitrogen and oxygen atoms in total. The maximum Gasteiger partial charge on any atom is 0.325 e. The average molecular weight is 233 g/mol. The van der Waals surface area contributed by atoms with Crippen molar-refractivity contribution in [1.82, 2.24) is 0 Å². The van der Waals surface area contributed by atoms with Crippen LogP contribution in [0.5, 0.6) is 0 Å². The Hall–Kier alpha value is -1.66. The van der Waals surface area contributed by atoms with E-state index < -0.39 is 28.3 Å². The molecule has 0 aliphatic carbocycles. The summed E-state index contributed by atoms with van der Waals surface area (Å²) in [5.41, 5.74) is -1.99. The van der Waals surface area contributed by atoms with E-state index in [9.17, 15) is 19.7 Å². The van der Waals surface area contributed by atoms with Gasteiger partial charge in [0.05, 0.1) is 0 Å². The zero-order valence-electron chi connectivity index (χ0n) is 9.34. The topological polar surface area (TPSA) is 118 Å². The van der Waals surface area contributed by atoms with Gasteiger partial charge in [-0.2, -0.15) is 0 Å². The predicted octanol–water partition coefficient (Wildman–Crippen LogP) is 0.853. The van der Waals surface area contributed by atoms with Gasteiger partial charge in [0.25, 0.3) is 0 Å². The van der Waals surface area contributed by atoms with Gasteiger partial charge in [-0.1, -0.05) is 13.8 Å². The van der Waals surface area contributed by atoms with Crippen molar-refractivity contribution in [3.63, 3.8) is 0 Å². The second-order valence-electron chi connectivity index (χ2n) is 4.32. The van der Waals surface area contributed by atoms with Crippen molar-refractivity contribution in [2.75, 3.05) is 0 Å². The Morgan fingerprint density at radius 1 is 1.31 bits per heavy atom. The van der Waals surface area contributed by atoms with Crippen molar-refractivity contribution in [2.45, 2.75) is 32.7 Å². The van der Waals surface area contributed by atoms with Crippen LogP contribution in [0.3, 0.4) is 0 Å². The monoisotopic (exact) mass is 233 g/mol. The smallest absolute Gasteiger partial charge is 0.325 e. The van der Waals surface area contributed by atoms with Crippen LogP contribution in [0.25, 0.3) is 0 Å². The Balaban J connectivity index is 5.37. The van der Waals surface area contributed by atoms with Gasteiger partial charge in [0.2, 0.25) is 11.5 Å². The third-order valence-electron chi connectivity index (χ3n) is 2.35. The molecule has 16 heavy (non-hydrogen) atoms. The van der Waals surface area contributed by atoms with E-state index in [-0.39, 0.29) is 12.3 Å². The number of aliphatic carboxylic acids is 2. The van der Waals surface area contributed by atoms with Gasteiger partial charge in [0.15, 0.2) is 0 Å². The molecular weight excluding hydrogens is 218 g/mol. The van der Waals surface area contributed by atoms with Crippen molar-refractivity contribution >= 4 is 11.9 Å². The summed E-state index contributed by atoms with van der Waals surface area (Å²) in [7, 11) is 0. The normalized spacial score (nSPS) is 14.8. The Kier molecular flexibility index (Phi) is 4.40. The maximum absolute atomic E-state index is 10.9. The quantitative estimate of drug-likeness (QED) is 0.399. The summed E-state index contributed by atoms with van der Waals surface area (Å²) < 4.78 is 0. The fraction of sp³-hybridized carbons (Fsp3) is 0.778. The first kappa shape index (κ1) is 14.3. The van der Waals surface area contributed by atoms with Crippen molar-refractivity contribution in [3.8, 4) is 0 Å². The molecule has 7 heteroatoms. The molecule has 1 atom stereocenters. The van der Waals surface area contributed by atoms with Gasteiger partial charge < -0.3 is 10.2 Å². The Morgan fingerprint density at radius 2 is 1.69 bits per heavy atom. The molecule has 0 spiro atoms. The van der Waals surface area contributed by atoms with Gasteiger partial charge in [-0.25, -0.2) is 0 Å². The van der Waals surface area contributed by atoms with Crippen molar-refractivity contribution in [3.05, 3.63) is 10.1 Å². The minimum atomic E-state index is -2.04. The summed E-state index contributed by atoms with van der Waals surface area (Å²) >= 11 is 0. The van der Waals surface area contributed by atoms with Gasteiger partial charge in [0.1, 0.15) is 0 Å². The Morgan fingerprint density at radius 3 is 1.88 bits per heavy atom. The molecule has 0 amide bonds. The highest BCUT2D eigenvalue weighted by molar-refractivity contribution is 5.94. The third-order valence-corrected chi connectivity index (χ3v) is 2.35. The fourth-order valence-corrected chi connectivity index (χ4v) is 1.76. The molecule has 1 unspecified atom stereocenters. The van der Waals surface area contributed by atoms with Crippen LogP contribution < -0.4 is 0 Å². The standard InChI is InChI=1S/C9H15NO6/c1-5(2)4-9(3,10(15)16)6(7(11)12)8(13)14/h5-6H,4H2,1-3H3,(H,11,12)(H,13,14). The molecule has 92 valence electrons. The van der Waals surface area contributed by atoms with E-state index in [0.717, 1.165) is 6.92 Å². The molecule has 2 N–H and O–H groups in total. The molecule has 0 aromatic carbocycles. The first-order valence-corrected chi connectivity index (χ1v) is 4.73. The van der Waals surface area contributed by atoms with Gasteiger partial charge in [-0.3, -0.25) is 19.7 Å². The van der Waals surface area contributed by atoms with Crippen molar-refractivity contribution < 1.29 is 24.7 Å². The van der Waals surface area contributed by atoms with Crippen LogP contribution in [0.2, 0.25) is 0 Å². The fourth-order valence-electron chi connectivity index (χ4n) is 1.76. The van der Waals surface area contributed by atoms with Crippen LogP contribution in [0, 0.1) is 22.0 Å². The number of rotatable bonds is 6. The number of hydrogen-bond donors (Lipinski definition) is 2. The summed E-state index contributed by atoms with van der Waals surface area (Å²) in [6, 6.07) is 0. The van der Waals surface area contributed by atoms with E-state index in [1.165, 1.54) is 0 Å². The lowest BCUT2D eigenvalue weighted by molar-refractivity contribution is -0.573. The molecule has 0 saturated heterocycles. The SMILES string of the molecule is CC(C)CC(C)(C(C(=O)O)C(=O)O)[N+](=O)[O-]. The van der Waals surface area contributed by atoms with E-state index in [2.05, 4.69) is 0 Å². The van der Waals surface area contributed by atoms with Crippen LogP contribution in [0.4, 0.5) is 0 Å². The third kappa shape index (κ3) is 2.91. The van der Waals surface area contributed by atoms with Crippen LogP contribution in [-0.4, -0.2) is 32.6 Å². The van der Waals surface area contributed by atoms with Gasteiger partial charge in [-0.15, -0.1) is 0 Å². The molecule has 0 saturated carbocycles. The highest BCUT2D eigenvalue weighted by Crippen LogP contribution is 2.29. The second kappa shape index (κ2) is 4.91. The second-order valence-corrected chi connectivity index (χ2v) is 4.32. The lowest BCUT2D eigenvalue weighted by Crippen LogP contribution is -2.51.